The van der Waals surface area contributed by atoms with Crippen LogP contribution in [0.25, 0.3) is 0 Å². The predicted molar refractivity (Wildman–Crippen MR) is 73.0 cm³/mol. The van der Waals surface area contributed by atoms with Crippen LogP contribution in [-0.4, -0.2) is 32.6 Å². The Kier molecular flexibility index (Phi) is 2.96. The van der Waals surface area contributed by atoms with Crippen molar-refractivity contribution in [2.24, 2.45) is 5.92 Å². The minimum absolute atomic E-state index is 0.129. The van der Waals surface area contributed by atoms with Gasteiger partial charge in [-0.05, 0) is 30.2 Å². The minimum atomic E-state index is 0.129. The van der Waals surface area contributed by atoms with E-state index in [1.807, 2.05) is 6.07 Å². The minimum Gasteiger partial charge on any atom is -0.374 e. The number of carbonyl (C=O) groups is 1. The first-order valence-corrected chi connectivity index (χ1v) is 6.57. The molecule has 18 heavy (non-hydrogen) atoms. The highest BCUT2D eigenvalue weighted by molar-refractivity contribution is 5.94. The molecule has 1 fully saturated rings. The maximum atomic E-state index is 11.3. The maximum absolute atomic E-state index is 11.3. The molecule has 0 saturated carbocycles. The second kappa shape index (κ2) is 4.61. The van der Waals surface area contributed by atoms with Crippen LogP contribution in [0.2, 0.25) is 0 Å². The first-order chi connectivity index (χ1) is 8.72. The van der Waals surface area contributed by atoms with Crippen LogP contribution in [0.15, 0.2) is 18.2 Å². The Morgan fingerprint density at radius 3 is 2.89 bits per heavy atom. The Labute approximate surface area is 107 Å². The van der Waals surface area contributed by atoms with E-state index in [0.717, 1.165) is 37.7 Å². The average Bonchev–Trinajstić information content (AvgIpc) is 2.33. The van der Waals surface area contributed by atoms with Gasteiger partial charge in [0.25, 0.3) is 0 Å². The number of amides is 1. The quantitative estimate of drug-likeness (QED) is 0.842. The molecule has 1 amide bonds. The summed E-state index contributed by atoms with van der Waals surface area (Å²) in [4.78, 5) is 13.6. The van der Waals surface area contributed by atoms with E-state index in [2.05, 4.69) is 34.7 Å². The summed E-state index contributed by atoms with van der Waals surface area (Å²) in [6.45, 7) is 3.36. The standard InChI is InChI=1S/C14H19N3O/c1-17(9-10-7-15-8-10)12-3-4-13-11(6-12)2-5-14(18)16-13/h3-4,6,10,15H,2,5,7-9H2,1H3,(H,16,18). The molecule has 0 spiro atoms. The number of nitrogens with zero attached hydrogens (tertiary/aromatic N) is 1. The highest BCUT2D eigenvalue weighted by atomic mass is 16.1. The SMILES string of the molecule is CN(CC1CNC1)c1ccc2c(c1)CCC(=O)N2. The summed E-state index contributed by atoms with van der Waals surface area (Å²) in [5.74, 6) is 0.898. The lowest BCUT2D eigenvalue weighted by Crippen LogP contribution is -2.47. The fourth-order valence-electron chi connectivity index (χ4n) is 2.58. The van der Waals surface area contributed by atoms with Crippen LogP contribution in [-0.2, 0) is 11.2 Å². The fourth-order valence-corrected chi connectivity index (χ4v) is 2.58. The highest BCUT2D eigenvalue weighted by Crippen LogP contribution is 2.27. The van der Waals surface area contributed by atoms with Crippen LogP contribution in [0.3, 0.4) is 0 Å². The fraction of sp³-hybridized carbons (Fsp3) is 0.500. The van der Waals surface area contributed by atoms with Gasteiger partial charge in [0.1, 0.15) is 0 Å². The molecule has 0 aliphatic carbocycles. The van der Waals surface area contributed by atoms with Gasteiger partial charge in [0.15, 0.2) is 0 Å². The second-order valence-corrected chi connectivity index (χ2v) is 5.29. The smallest absolute Gasteiger partial charge is 0.224 e. The molecule has 1 aromatic rings. The van der Waals surface area contributed by atoms with Crippen LogP contribution in [0.4, 0.5) is 11.4 Å². The molecule has 0 radical (unpaired) electrons. The molecule has 1 saturated heterocycles. The van der Waals surface area contributed by atoms with Gasteiger partial charge in [-0.15, -0.1) is 0 Å². The summed E-state index contributed by atoms with van der Waals surface area (Å²) in [6.07, 6.45) is 1.46. The zero-order valence-corrected chi connectivity index (χ0v) is 10.7. The first-order valence-electron chi connectivity index (χ1n) is 6.57. The molecule has 4 nitrogen and oxygen atoms in total. The third-order valence-corrected chi connectivity index (χ3v) is 3.82. The van der Waals surface area contributed by atoms with Gasteiger partial charge in [-0.2, -0.15) is 0 Å². The number of benzene rings is 1. The summed E-state index contributed by atoms with van der Waals surface area (Å²) in [5, 5.41) is 6.22. The number of hydrogen-bond acceptors (Lipinski definition) is 3. The summed E-state index contributed by atoms with van der Waals surface area (Å²) in [7, 11) is 2.14. The monoisotopic (exact) mass is 245 g/mol. The van der Waals surface area contributed by atoms with Gasteiger partial charge in [0.2, 0.25) is 5.91 Å². The number of hydrogen-bond donors (Lipinski definition) is 2. The largest absolute Gasteiger partial charge is 0.374 e. The van der Waals surface area contributed by atoms with Crippen LogP contribution in [0.1, 0.15) is 12.0 Å². The van der Waals surface area contributed by atoms with Crippen LogP contribution >= 0.6 is 0 Å². The first kappa shape index (κ1) is 11.5. The molecule has 2 N–H and O–H groups in total. The molecule has 0 atom stereocenters. The zero-order valence-electron chi connectivity index (χ0n) is 10.7. The molecule has 0 unspecified atom stereocenters. The van der Waals surface area contributed by atoms with E-state index in [0.29, 0.717) is 6.42 Å². The van der Waals surface area contributed by atoms with Gasteiger partial charge in [-0.1, -0.05) is 0 Å². The number of nitrogens with one attached hydrogen (secondary N) is 2. The van der Waals surface area contributed by atoms with E-state index in [1.54, 1.807) is 0 Å². The van der Waals surface area contributed by atoms with E-state index < -0.39 is 0 Å². The Bertz CT molecular complexity index is 468. The van der Waals surface area contributed by atoms with E-state index in [9.17, 15) is 4.79 Å². The van der Waals surface area contributed by atoms with Crippen LogP contribution < -0.4 is 15.5 Å². The molecular formula is C14H19N3O. The molecule has 3 rings (SSSR count). The van der Waals surface area contributed by atoms with Gasteiger partial charge >= 0.3 is 0 Å². The normalized spacial score (nSPS) is 18.8. The van der Waals surface area contributed by atoms with Gasteiger partial charge in [-0.3, -0.25) is 4.79 Å². The van der Waals surface area contributed by atoms with E-state index in [-0.39, 0.29) is 5.91 Å². The van der Waals surface area contributed by atoms with Crippen molar-refractivity contribution in [2.45, 2.75) is 12.8 Å². The van der Waals surface area contributed by atoms with Crippen molar-refractivity contribution in [2.75, 3.05) is 36.9 Å². The second-order valence-electron chi connectivity index (χ2n) is 5.29. The van der Waals surface area contributed by atoms with Crippen molar-refractivity contribution in [1.29, 1.82) is 0 Å². The van der Waals surface area contributed by atoms with Gasteiger partial charge in [0, 0.05) is 50.4 Å². The summed E-state index contributed by atoms with van der Waals surface area (Å²) in [6, 6.07) is 6.33. The van der Waals surface area contributed by atoms with Crippen molar-refractivity contribution in [3.05, 3.63) is 23.8 Å². The van der Waals surface area contributed by atoms with Crippen molar-refractivity contribution >= 4 is 17.3 Å². The summed E-state index contributed by atoms with van der Waals surface area (Å²) < 4.78 is 0. The van der Waals surface area contributed by atoms with Gasteiger partial charge in [-0.25, -0.2) is 0 Å². The number of anilines is 2. The molecule has 4 heteroatoms. The van der Waals surface area contributed by atoms with Crippen molar-refractivity contribution < 1.29 is 4.79 Å². The Morgan fingerprint density at radius 1 is 1.33 bits per heavy atom. The molecular weight excluding hydrogens is 226 g/mol. The summed E-state index contributed by atoms with van der Waals surface area (Å²) in [5.41, 5.74) is 3.48. The average molecular weight is 245 g/mol. The van der Waals surface area contributed by atoms with Crippen molar-refractivity contribution in [3.63, 3.8) is 0 Å². The van der Waals surface area contributed by atoms with E-state index in [1.165, 1.54) is 11.3 Å². The number of rotatable bonds is 3. The Hall–Kier alpha value is -1.55. The molecule has 0 bridgehead atoms. The topological polar surface area (TPSA) is 44.4 Å². The van der Waals surface area contributed by atoms with E-state index >= 15 is 0 Å². The van der Waals surface area contributed by atoms with E-state index in [4.69, 9.17) is 0 Å². The molecule has 96 valence electrons. The van der Waals surface area contributed by atoms with Gasteiger partial charge in [0.05, 0.1) is 0 Å². The lowest BCUT2D eigenvalue weighted by atomic mass is 10.0. The van der Waals surface area contributed by atoms with Crippen molar-refractivity contribution in [3.8, 4) is 0 Å². The van der Waals surface area contributed by atoms with Crippen LogP contribution in [0.5, 0.6) is 0 Å². The van der Waals surface area contributed by atoms with Gasteiger partial charge < -0.3 is 15.5 Å². The number of aryl methyl sites for hydroxylation is 1. The molecule has 2 heterocycles. The third-order valence-electron chi connectivity index (χ3n) is 3.82. The third kappa shape index (κ3) is 2.20. The predicted octanol–water partition coefficient (Wildman–Crippen LogP) is 1.23. The molecule has 2 aliphatic rings. The number of fused-ring (bicyclic) bond motifs is 1. The highest BCUT2D eigenvalue weighted by Gasteiger charge is 2.20. The summed E-state index contributed by atoms with van der Waals surface area (Å²) >= 11 is 0. The lowest BCUT2D eigenvalue weighted by molar-refractivity contribution is -0.116. The zero-order chi connectivity index (χ0) is 12.5. The Balaban J connectivity index is 1.74. The molecule has 1 aromatic carbocycles. The molecule has 0 aromatic heterocycles. The Morgan fingerprint density at radius 2 is 2.17 bits per heavy atom. The lowest BCUT2D eigenvalue weighted by Gasteiger charge is -2.32. The van der Waals surface area contributed by atoms with Crippen LogP contribution in [0, 0.1) is 5.92 Å². The number of carbonyl (C=O) groups excluding carboxylic acids is 1. The molecule has 2 aliphatic heterocycles. The van der Waals surface area contributed by atoms with Crippen molar-refractivity contribution in [1.82, 2.24) is 5.32 Å². The maximum Gasteiger partial charge on any atom is 0.224 e.